The molecule has 1 aliphatic rings. The molecule has 1 saturated heterocycles. The Labute approximate surface area is 177 Å². The predicted octanol–water partition coefficient (Wildman–Crippen LogP) is 2.39. The molecule has 0 spiro atoms. The summed E-state index contributed by atoms with van der Waals surface area (Å²) in [6, 6.07) is 11.8. The number of hydrogen-bond acceptors (Lipinski definition) is 4. The van der Waals surface area contributed by atoms with E-state index in [4.69, 9.17) is 0 Å². The Kier molecular flexibility index (Phi) is 5.02. The molecule has 4 rings (SSSR count). The maximum atomic E-state index is 13.5. The van der Waals surface area contributed by atoms with E-state index in [0.717, 1.165) is 11.2 Å². The van der Waals surface area contributed by atoms with Gasteiger partial charge in [0.2, 0.25) is 10.0 Å². The lowest BCUT2D eigenvalue weighted by molar-refractivity contribution is 0.342. The van der Waals surface area contributed by atoms with E-state index in [1.54, 1.807) is 42.0 Å². The van der Waals surface area contributed by atoms with E-state index < -0.39 is 10.0 Å². The molecule has 1 atom stereocenters. The first-order valence-corrected chi connectivity index (χ1v) is 11.5. The number of piperazine rings is 1. The molecule has 0 bridgehead atoms. The second kappa shape index (κ2) is 7.28. The van der Waals surface area contributed by atoms with Crippen LogP contribution < -0.4 is 10.6 Å². The lowest BCUT2D eigenvalue weighted by Gasteiger charge is -2.40. The molecule has 160 valence electrons. The number of imidazole rings is 1. The third kappa shape index (κ3) is 3.24. The standard InChI is InChI=1S/C22H28N4O3S/c1-15-7-6-8-18(11-15)26-10-9-25(14-17(26)3)30(28,29)21-13-20-19(12-16(21)2)23(4)22(27)24(20)5/h6-8,11-13,17H,9-10,14H2,1-5H3/t17-/m1/s1. The molecular formula is C22H28N4O3S. The number of aromatic nitrogens is 2. The molecule has 2 aromatic carbocycles. The van der Waals surface area contributed by atoms with Gasteiger partial charge in [0.25, 0.3) is 0 Å². The molecule has 2 heterocycles. The first-order valence-electron chi connectivity index (χ1n) is 10.1. The minimum atomic E-state index is -3.67. The zero-order valence-corrected chi connectivity index (χ0v) is 18.9. The van der Waals surface area contributed by atoms with Gasteiger partial charge in [-0.1, -0.05) is 12.1 Å². The van der Waals surface area contributed by atoms with E-state index in [2.05, 4.69) is 36.9 Å². The molecule has 7 nitrogen and oxygen atoms in total. The van der Waals surface area contributed by atoms with E-state index in [1.165, 1.54) is 10.1 Å². The average Bonchev–Trinajstić information content (AvgIpc) is 2.91. The van der Waals surface area contributed by atoms with E-state index in [9.17, 15) is 13.2 Å². The van der Waals surface area contributed by atoms with Crippen LogP contribution in [0.3, 0.4) is 0 Å². The van der Waals surface area contributed by atoms with Crippen molar-refractivity contribution in [3.8, 4) is 0 Å². The van der Waals surface area contributed by atoms with Gasteiger partial charge < -0.3 is 4.90 Å². The van der Waals surface area contributed by atoms with Gasteiger partial charge in [-0.15, -0.1) is 0 Å². The van der Waals surface area contributed by atoms with Crippen LogP contribution in [0.15, 0.2) is 46.1 Å². The number of sulfonamides is 1. The van der Waals surface area contributed by atoms with E-state index in [0.29, 0.717) is 30.7 Å². The van der Waals surface area contributed by atoms with Gasteiger partial charge >= 0.3 is 5.69 Å². The zero-order chi connectivity index (χ0) is 21.8. The molecule has 0 radical (unpaired) electrons. The van der Waals surface area contributed by atoms with Crippen LogP contribution in [-0.4, -0.2) is 47.5 Å². The Hall–Kier alpha value is -2.58. The number of rotatable bonds is 3. The quantitative estimate of drug-likeness (QED) is 0.643. The van der Waals surface area contributed by atoms with Crippen LogP contribution in [0.4, 0.5) is 5.69 Å². The van der Waals surface area contributed by atoms with Gasteiger partial charge in [0.05, 0.1) is 15.9 Å². The third-order valence-electron chi connectivity index (χ3n) is 6.11. The summed E-state index contributed by atoms with van der Waals surface area (Å²) in [5.41, 5.74) is 4.15. The van der Waals surface area contributed by atoms with Gasteiger partial charge in [0, 0.05) is 45.5 Å². The molecule has 30 heavy (non-hydrogen) atoms. The summed E-state index contributed by atoms with van der Waals surface area (Å²) in [6.07, 6.45) is 0. The Morgan fingerprint density at radius 2 is 1.63 bits per heavy atom. The Balaban J connectivity index is 1.67. The monoisotopic (exact) mass is 428 g/mol. The molecule has 0 unspecified atom stereocenters. The summed E-state index contributed by atoms with van der Waals surface area (Å²) in [7, 11) is -0.305. The van der Waals surface area contributed by atoms with Gasteiger partial charge in [-0.2, -0.15) is 4.31 Å². The fourth-order valence-corrected chi connectivity index (χ4v) is 6.12. The van der Waals surface area contributed by atoms with Crippen molar-refractivity contribution in [3.05, 3.63) is 58.0 Å². The molecule has 8 heteroatoms. The second-order valence-corrected chi connectivity index (χ2v) is 10.2. The smallest absolute Gasteiger partial charge is 0.328 e. The average molecular weight is 429 g/mol. The molecular weight excluding hydrogens is 400 g/mol. The van der Waals surface area contributed by atoms with Crippen LogP contribution >= 0.6 is 0 Å². The van der Waals surface area contributed by atoms with Gasteiger partial charge in [-0.3, -0.25) is 9.13 Å². The van der Waals surface area contributed by atoms with Crippen molar-refractivity contribution in [2.45, 2.75) is 31.7 Å². The van der Waals surface area contributed by atoms with Crippen molar-refractivity contribution in [3.63, 3.8) is 0 Å². The Morgan fingerprint density at radius 3 is 2.27 bits per heavy atom. The Morgan fingerprint density at radius 1 is 0.967 bits per heavy atom. The second-order valence-electron chi connectivity index (χ2n) is 8.25. The van der Waals surface area contributed by atoms with Crippen LogP contribution in [0, 0.1) is 13.8 Å². The molecule has 0 N–H and O–H groups in total. The number of aryl methyl sites for hydroxylation is 4. The highest BCUT2D eigenvalue weighted by Crippen LogP contribution is 2.28. The predicted molar refractivity (Wildman–Crippen MR) is 120 cm³/mol. The minimum absolute atomic E-state index is 0.0560. The number of fused-ring (bicyclic) bond motifs is 1. The highest BCUT2D eigenvalue weighted by molar-refractivity contribution is 7.89. The van der Waals surface area contributed by atoms with E-state index in [-0.39, 0.29) is 16.6 Å². The van der Waals surface area contributed by atoms with Crippen molar-refractivity contribution < 1.29 is 8.42 Å². The zero-order valence-electron chi connectivity index (χ0n) is 18.1. The van der Waals surface area contributed by atoms with Crippen LogP contribution in [0.25, 0.3) is 11.0 Å². The summed E-state index contributed by atoms with van der Waals surface area (Å²) in [6.45, 7) is 7.38. The summed E-state index contributed by atoms with van der Waals surface area (Å²) in [5, 5.41) is 0. The van der Waals surface area contributed by atoms with Gasteiger partial charge in [-0.25, -0.2) is 13.2 Å². The summed E-state index contributed by atoms with van der Waals surface area (Å²) in [5.74, 6) is 0. The maximum Gasteiger partial charge on any atom is 0.328 e. The van der Waals surface area contributed by atoms with Crippen LogP contribution in [-0.2, 0) is 24.1 Å². The summed E-state index contributed by atoms with van der Waals surface area (Å²) >= 11 is 0. The normalized spacial score (nSPS) is 18.3. The van der Waals surface area contributed by atoms with Crippen molar-refractivity contribution in [2.75, 3.05) is 24.5 Å². The first kappa shape index (κ1) is 20.7. The lowest BCUT2D eigenvalue weighted by atomic mass is 10.1. The fraction of sp³-hybridized carbons (Fsp3) is 0.409. The number of nitrogens with zero attached hydrogens (tertiary/aromatic N) is 4. The van der Waals surface area contributed by atoms with Crippen LogP contribution in [0.5, 0.6) is 0 Å². The Bertz CT molecular complexity index is 1290. The number of anilines is 1. The van der Waals surface area contributed by atoms with Crippen molar-refractivity contribution in [1.29, 1.82) is 0 Å². The largest absolute Gasteiger partial charge is 0.366 e. The summed E-state index contributed by atoms with van der Waals surface area (Å²) in [4.78, 5) is 14.8. The lowest BCUT2D eigenvalue weighted by Crippen LogP contribution is -2.53. The number of hydrogen-bond donors (Lipinski definition) is 0. The van der Waals surface area contributed by atoms with Crippen LogP contribution in [0.1, 0.15) is 18.1 Å². The van der Waals surface area contributed by atoms with E-state index in [1.807, 2.05) is 6.07 Å². The van der Waals surface area contributed by atoms with E-state index >= 15 is 0 Å². The van der Waals surface area contributed by atoms with Crippen molar-refractivity contribution in [2.24, 2.45) is 14.1 Å². The summed E-state index contributed by atoms with van der Waals surface area (Å²) < 4.78 is 31.6. The highest BCUT2D eigenvalue weighted by Gasteiger charge is 2.33. The topological polar surface area (TPSA) is 67.6 Å². The maximum absolute atomic E-state index is 13.5. The van der Waals surface area contributed by atoms with Gasteiger partial charge in [0.15, 0.2) is 0 Å². The molecule has 1 fully saturated rings. The molecule has 1 aliphatic heterocycles. The first-order chi connectivity index (χ1) is 14.1. The van der Waals surface area contributed by atoms with Crippen LogP contribution in [0.2, 0.25) is 0 Å². The number of benzene rings is 2. The molecule has 0 amide bonds. The SMILES string of the molecule is Cc1cccc(N2CCN(S(=O)(=O)c3cc4c(cc3C)n(C)c(=O)n4C)C[C@H]2C)c1. The van der Waals surface area contributed by atoms with Crippen molar-refractivity contribution >= 4 is 26.7 Å². The third-order valence-corrected chi connectivity index (χ3v) is 8.12. The van der Waals surface area contributed by atoms with Gasteiger partial charge in [0.1, 0.15) is 0 Å². The minimum Gasteiger partial charge on any atom is -0.366 e. The van der Waals surface area contributed by atoms with Gasteiger partial charge in [-0.05, 0) is 56.2 Å². The van der Waals surface area contributed by atoms with Crippen molar-refractivity contribution in [1.82, 2.24) is 13.4 Å². The fourth-order valence-electron chi connectivity index (χ4n) is 4.38. The molecule has 0 aliphatic carbocycles. The highest BCUT2D eigenvalue weighted by atomic mass is 32.2. The molecule has 3 aromatic rings. The molecule has 1 aromatic heterocycles. The molecule has 0 saturated carbocycles.